The van der Waals surface area contributed by atoms with Crippen LogP contribution < -0.4 is 0 Å². The first-order valence-corrected chi connectivity index (χ1v) is 6.91. The highest BCUT2D eigenvalue weighted by Crippen LogP contribution is 2.30. The molecule has 0 heterocycles. The highest BCUT2D eigenvalue weighted by Gasteiger charge is 2.25. The predicted molar refractivity (Wildman–Crippen MR) is 80.6 cm³/mol. The van der Waals surface area contributed by atoms with Crippen LogP contribution in [0.4, 0.5) is 4.39 Å². The number of hydrogen-bond acceptors (Lipinski definition) is 1. The molecule has 3 heteroatoms. The molecule has 2 aromatic carbocycles. The van der Waals surface area contributed by atoms with E-state index in [0.717, 1.165) is 22.3 Å². The molecule has 0 aromatic heterocycles. The standard InChI is InChI=1S/C17H18ClFO/c1-11-4-5-12(2)14(8-11)17(3,20)10-13-6-7-16(19)15(18)9-13/h4-9,20H,10H2,1-3H3. The van der Waals surface area contributed by atoms with Crippen LogP contribution in [0.1, 0.15) is 29.2 Å². The molecule has 2 rings (SSSR count). The van der Waals surface area contributed by atoms with Crippen LogP contribution >= 0.6 is 11.6 Å². The van der Waals surface area contributed by atoms with Gasteiger partial charge in [0.2, 0.25) is 0 Å². The third kappa shape index (κ3) is 3.20. The largest absolute Gasteiger partial charge is 0.385 e. The van der Waals surface area contributed by atoms with Gasteiger partial charge in [-0.1, -0.05) is 41.4 Å². The molecule has 0 spiro atoms. The van der Waals surface area contributed by atoms with Crippen LogP contribution in [0.3, 0.4) is 0 Å². The Morgan fingerprint density at radius 2 is 1.85 bits per heavy atom. The van der Waals surface area contributed by atoms with Gasteiger partial charge in [0.1, 0.15) is 5.82 Å². The lowest BCUT2D eigenvalue weighted by atomic mass is 9.85. The summed E-state index contributed by atoms with van der Waals surface area (Å²) in [4.78, 5) is 0. The average molecular weight is 293 g/mol. The average Bonchev–Trinajstić information content (AvgIpc) is 2.36. The summed E-state index contributed by atoms with van der Waals surface area (Å²) in [6.45, 7) is 5.74. The van der Waals surface area contributed by atoms with Gasteiger partial charge in [-0.3, -0.25) is 0 Å². The summed E-state index contributed by atoms with van der Waals surface area (Å²) in [5, 5.41) is 10.9. The summed E-state index contributed by atoms with van der Waals surface area (Å²) >= 11 is 5.79. The van der Waals surface area contributed by atoms with E-state index in [9.17, 15) is 9.50 Å². The molecule has 106 valence electrons. The van der Waals surface area contributed by atoms with E-state index in [-0.39, 0.29) is 5.02 Å². The highest BCUT2D eigenvalue weighted by molar-refractivity contribution is 6.30. The second kappa shape index (κ2) is 5.55. The minimum Gasteiger partial charge on any atom is -0.385 e. The van der Waals surface area contributed by atoms with E-state index >= 15 is 0 Å². The lowest BCUT2D eigenvalue weighted by molar-refractivity contribution is 0.0569. The Balaban J connectivity index is 2.34. The maximum Gasteiger partial charge on any atom is 0.141 e. The molecule has 20 heavy (non-hydrogen) atoms. The molecule has 0 radical (unpaired) electrons. The number of aliphatic hydroxyl groups is 1. The van der Waals surface area contributed by atoms with E-state index in [1.807, 2.05) is 32.0 Å². The molecule has 1 nitrogen and oxygen atoms in total. The molecule has 2 aromatic rings. The summed E-state index contributed by atoms with van der Waals surface area (Å²) < 4.78 is 13.2. The lowest BCUT2D eigenvalue weighted by Crippen LogP contribution is -2.25. The summed E-state index contributed by atoms with van der Waals surface area (Å²) in [7, 11) is 0. The van der Waals surface area contributed by atoms with Gasteiger partial charge in [0.05, 0.1) is 10.6 Å². The Hall–Kier alpha value is -1.38. The van der Waals surface area contributed by atoms with Crippen molar-refractivity contribution in [3.63, 3.8) is 0 Å². The first-order valence-electron chi connectivity index (χ1n) is 6.53. The van der Waals surface area contributed by atoms with Gasteiger partial charge >= 0.3 is 0 Å². The van der Waals surface area contributed by atoms with Crippen molar-refractivity contribution in [1.29, 1.82) is 0 Å². The predicted octanol–water partition coefficient (Wildman–Crippen LogP) is 4.55. The quantitative estimate of drug-likeness (QED) is 0.880. The molecular formula is C17H18ClFO. The van der Waals surface area contributed by atoms with E-state index in [1.165, 1.54) is 6.07 Å². The van der Waals surface area contributed by atoms with Crippen molar-refractivity contribution in [2.75, 3.05) is 0 Å². The maximum absolute atomic E-state index is 13.2. The molecule has 0 amide bonds. The molecular weight excluding hydrogens is 275 g/mol. The number of halogens is 2. The summed E-state index contributed by atoms with van der Waals surface area (Å²) in [5.74, 6) is -0.443. The van der Waals surface area contributed by atoms with Crippen molar-refractivity contribution in [1.82, 2.24) is 0 Å². The van der Waals surface area contributed by atoms with E-state index in [0.29, 0.717) is 6.42 Å². The fourth-order valence-electron chi connectivity index (χ4n) is 2.46. The number of benzene rings is 2. The van der Waals surface area contributed by atoms with E-state index < -0.39 is 11.4 Å². The van der Waals surface area contributed by atoms with E-state index in [1.54, 1.807) is 19.1 Å². The first kappa shape index (κ1) is 15.0. The Bertz CT molecular complexity index is 635. The minimum absolute atomic E-state index is 0.0827. The van der Waals surface area contributed by atoms with Crippen molar-refractivity contribution < 1.29 is 9.50 Å². The molecule has 0 bridgehead atoms. The van der Waals surface area contributed by atoms with Crippen LogP contribution in [0.5, 0.6) is 0 Å². The van der Waals surface area contributed by atoms with E-state index in [2.05, 4.69) is 0 Å². The van der Waals surface area contributed by atoms with Gasteiger partial charge in [0.15, 0.2) is 0 Å². The number of rotatable bonds is 3. The second-order valence-electron chi connectivity index (χ2n) is 5.52. The molecule has 0 aliphatic rings. The van der Waals surface area contributed by atoms with Gasteiger partial charge in [0.25, 0.3) is 0 Å². The van der Waals surface area contributed by atoms with E-state index in [4.69, 9.17) is 11.6 Å². The lowest BCUT2D eigenvalue weighted by Gasteiger charge is -2.26. The van der Waals surface area contributed by atoms with Crippen LogP contribution in [0.2, 0.25) is 5.02 Å². The van der Waals surface area contributed by atoms with Gasteiger partial charge < -0.3 is 5.11 Å². The van der Waals surface area contributed by atoms with Crippen molar-refractivity contribution in [2.24, 2.45) is 0 Å². The van der Waals surface area contributed by atoms with Crippen molar-refractivity contribution in [3.05, 3.63) is 69.5 Å². The molecule has 0 fully saturated rings. The summed E-state index contributed by atoms with van der Waals surface area (Å²) in [6, 6.07) is 10.6. The molecule has 1 N–H and O–H groups in total. The minimum atomic E-state index is -1.02. The molecule has 1 atom stereocenters. The van der Waals surface area contributed by atoms with Gasteiger partial charge in [0, 0.05) is 6.42 Å². The Morgan fingerprint density at radius 3 is 2.50 bits per heavy atom. The molecule has 0 saturated heterocycles. The van der Waals surface area contributed by atoms with Gasteiger partial charge in [-0.25, -0.2) is 4.39 Å². The van der Waals surface area contributed by atoms with Crippen LogP contribution in [0, 0.1) is 19.7 Å². The Labute approximate surface area is 124 Å². The zero-order valence-corrected chi connectivity index (χ0v) is 12.6. The fraction of sp³-hybridized carbons (Fsp3) is 0.294. The zero-order valence-electron chi connectivity index (χ0n) is 11.9. The molecule has 1 unspecified atom stereocenters. The summed E-state index contributed by atoms with van der Waals surface area (Å²) in [5.41, 5.74) is 2.81. The number of aryl methyl sites for hydroxylation is 2. The molecule has 0 saturated carbocycles. The van der Waals surface area contributed by atoms with Crippen molar-refractivity contribution in [2.45, 2.75) is 32.8 Å². The van der Waals surface area contributed by atoms with Crippen molar-refractivity contribution in [3.8, 4) is 0 Å². The van der Waals surface area contributed by atoms with Crippen LogP contribution in [-0.4, -0.2) is 5.11 Å². The van der Waals surface area contributed by atoms with Crippen LogP contribution in [-0.2, 0) is 12.0 Å². The topological polar surface area (TPSA) is 20.2 Å². The van der Waals surface area contributed by atoms with Gasteiger partial charge in [-0.05, 0) is 49.6 Å². The third-order valence-corrected chi connectivity index (χ3v) is 3.80. The molecule has 0 aliphatic heterocycles. The second-order valence-corrected chi connectivity index (χ2v) is 5.92. The Morgan fingerprint density at radius 1 is 1.15 bits per heavy atom. The zero-order chi connectivity index (χ0) is 14.9. The van der Waals surface area contributed by atoms with Gasteiger partial charge in [-0.15, -0.1) is 0 Å². The van der Waals surface area contributed by atoms with Gasteiger partial charge in [-0.2, -0.15) is 0 Å². The van der Waals surface area contributed by atoms with Crippen LogP contribution in [0.15, 0.2) is 36.4 Å². The normalized spacial score (nSPS) is 14.1. The monoisotopic (exact) mass is 292 g/mol. The first-order chi connectivity index (χ1) is 9.29. The SMILES string of the molecule is Cc1ccc(C)c(C(C)(O)Cc2ccc(F)c(Cl)c2)c1. The number of hydrogen-bond donors (Lipinski definition) is 1. The summed E-state index contributed by atoms with van der Waals surface area (Å²) in [6.07, 6.45) is 0.386. The van der Waals surface area contributed by atoms with Crippen molar-refractivity contribution >= 4 is 11.6 Å². The van der Waals surface area contributed by atoms with Crippen LogP contribution in [0.25, 0.3) is 0 Å². The third-order valence-electron chi connectivity index (χ3n) is 3.51. The smallest absolute Gasteiger partial charge is 0.141 e. The molecule has 0 aliphatic carbocycles. The highest BCUT2D eigenvalue weighted by atomic mass is 35.5. The fourth-order valence-corrected chi connectivity index (χ4v) is 2.66. The Kier molecular flexibility index (Phi) is 4.17. The maximum atomic E-state index is 13.2.